The Labute approximate surface area is 103 Å². The second-order valence-corrected chi connectivity index (χ2v) is 4.46. The fraction of sp³-hybridized carbons (Fsp3) is 0.500. The zero-order valence-corrected chi connectivity index (χ0v) is 10.7. The fourth-order valence-corrected chi connectivity index (χ4v) is 1.73. The van der Waals surface area contributed by atoms with Gasteiger partial charge in [-0.05, 0) is 24.5 Å². The van der Waals surface area contributed by atoms with Crippen LogP contribution in [0.4, 0.5) is 0 Å². The molecule has 0 aliphatic carbocycles. The van der Waals surface area contributed by atoms with Gasteiger partial charge in [0.1, 0.15) is 0 Å². The van der Waals surface area contributed by atoms with Gasteiger partial charge in [0.05, 0.1) is 12.6 Å². The lowest BCUT2D eigenvalue weighted by Gasteiger charge is -2.22. The van der Waals surface area contributed by atoms with Crippen molar-refractivity contribution in [1.29, 1.82) is 0 Å². The number of benzene rings is 1. The summed E-state index contributed by atoms with van der Waals surface area (Å²) in [5.74, 6) is 0.162. The van der Waals surface area contributed by atoms with Gasteiger partial charge in [0.2, 0.25) is 0 Å². The minimum Gasteiger partial charge on any atom is -0.394 e. The predicted octanol–water partition coefficient (Wildman–Crippen LogP) is 2.13. The summed E-state index contributed by atoms with van der Waals surface area (Å²) >= 11 is 0. The van der Waals surface area contributed by atoms with Crippen LogP contribution in [0.5, 0.6) is 0 Å². The van der Waals surface area contributed by atoms with Crippen molar-refractivity contribution in [3.8, 4) is 0 Å². The highest BCUT2D eigenvalue weighted by Crippen LogP contribution is 2.10. The predicted molar refractivity (Wildman–Crippen MR) is 69.0 cm³/mol. The van der Waals surface area contributed by atoms with Crippen LogP contribution in [0, 0.1) is 12.8 Å². The smallest absolute Gasteiger partial charge is 0.251 e. The van der Waals surface area contributed by atoms with Crippen LogP contribution in [0.3, 0.4) is 0 Å². The molecular weight excluding hydrogens is 214 g/mol. The molecule has 3 nitrogen and oxygen atoms in total. The Bertz CT molecular complexity index is 376. The van der Waals surface area contributed by atoms with E-state index in [1.54, 1.807) is 6.07 Å². The Morgan fingerprint density at radius 2 is 2.06 bits per heavy atom. The van der Waals surface area contributed by atoms with Crippen molar-refractivity contribution in [2.45, 2.75) is 33.2 Å². The topological polar surface area (TPSA) is 49.3 Å². The Morgan fingerprint density at radius 1 is 1.41 bits per heavy atom. The zero-order chi connectivity index (χ0) is 12.8. The normalized spacial score (nSPS) is 14.1. The van der Waals surface area contributed by atoms with Gasteiger partial charge in [-0.15, -0.1) is 0 Å². The third kappa shape index (κ3) is 3.56. The maximum atomic E-state index is 12.0. The van der Waals surface area contributed by atoms with E-state index < -0.39 is 0 Å². The number of aliphatic hydroxyl groups is 1. The Hall–Kier alpha value is -1.35. The van der Waals surface area contributed by atoms with Crippen molar-refractivity contribution in [1.82, 2.24) is 5.32 Å². The van der Waals surface area contributed by atoms with E-state index in [9.17, 15) is 9.90 Å². The van der Waals surface area contributed by atoms with Gasteiger partial charge in [0.25, 0.3) is 5.91 Å². The largest absolute Gasteiger partial charge is 0.394 e. The van der Waals surface area contributed by atoms with Crippen molar-refractivity contribution in [2.75, 3.05) is 6.61 Å². The molecule has 1 aromatic rings. The summed E-state index contributed by atoms with van der Waals surface area (Å²) in [7, 11) is 0. The lowest BCUT2D eigenvalue weighted by Crippen LogP contribution is -2.42. The molecule has 94 valence electrons. The summed E-state index contributed by atoms with van der Waals surface area (Å²) in [6.07, 6.45) is 0.930. The first kappa shape index (κ1) is 13.7. The lowest BCUT2D eigenvalue weighted by atomic mass is 9.99. The number of nitrogens with one attached hydrogen (secondary N) is 1. The number of carbonyl (C=O) groups excluding carboxylic acids is 1. The van der Waals surface area contributed by atoms with Crippen molar-refractivity contribution in [2.24, 2.45) is 5.92 Å². The molecule has 0 aliphatic rings. The molecule has 1 aromatic carbocycles. The maximum Gasteiger partial charge on any atom is 0.251 e. The number of carbonyl (C=O) groups is 1. The van der Waals surface area contributed by atoms with Crippen molar-refractivity contribution < 1.29 is 9.90 Å². The minimum atomic E-state index is -0.174. The third-order valence-electron chi connectivity index (χ3n) is 3.23. The fourth-order valence-electron chi connectivity index (χ4n) is 1.73. The molecule has 17 heavy (non-hydrogen) atoms. The average molecular weight is 235 g/mol. The molecular formula is C14H21NO2. The molecule has 0 aliphatic heterocycles. The van der Waals surface area contributed by atoms with Crippen molar-refractivity contribution in [3.63, 3.8) is 0 Å². The molecule has 0 radical (unpaired) electrons. The van der Waals surface area contributed by atoms with E-state index in [4.69, 9.17) is 0 Å². The van der Waals surface area contributed by atoms with Gasteiger partial charge in [0, 0.05) is 5.56 Å². The van der Waals surface area contributed by atoms with Gasteiger partial charge in [-0.3, -0.25) is 4.79 Å². The number of rotatable bonds is 5. The van der Waals surface area contributed by atoms with E-state index in [0.29, 0.717) is 5.56 Å². The quantitative estimate of drug-likeness (QED) is 0.821. The molecule has 2 unspecified atom stereocenters. The molecule has 0 heterocycles. The van der Waals surface area contributed by atoms with Crippen LogP contribution in [-0.4, -0.2) is 23.7 Å². The van der Waals surface area contributed by atoms with E-state index in [1.807, 2.05) is 39.0 Å². The lowest BCUT2D eigenvalue weighted by molar-refractivity contribution is 0.0891. The van der Waals surface area contributed by atoms with Gasteiger partial charge < -0.3 is 10.4 Å². The maximum absolute atomic E-state index is 12.0. The molecule has 0 fully saturated rings. The second-order valence-electron chi connectivity index (χ2n) is 4.46. The number of amides is 1. The molecule has 0 bridgehead atoms. The standard InChI is InChI=1S/C14H21NO2/c1-4-10(2)13(9-16)15-14(17)12-8-6-5-7-11(12)3/h5-8,10,13,16H,4,9H2,1-3H3,(H,15,17). The van der Waals surface area contributed by atoms with Crippen LogP contribution in [-0.2, 0) is 0 Å². The zero-order valence-electron chi connectivity index (χ0n) is 10.7. The van der Waals surface area contributed by atoms with Crippen LogP contribution in [0.25, 0.3) is 0 Å². The summed E-state index contributed by atoms with van der Waals surface area (Å²) in [6, 6.07) is 7.29. The van der Waals surface area contributed by atoms with Gasteiger partial charge in [0.15, 0.2) is 0 Å². The first-order valence-corrected chi connectivity index (χ1v) is 6.07. The first-order valence-electron chi connectivity index (χ1n) is 6.07. The molecule has 1 rings (SSSR count). The SMILES string of the molecule is CCC(C)C(CO)NC(=O)c1ccccc1C. The summed E-state index contributed by atoms with van der Waals surface area (Å²) in [4.78, 5) is 12.0. The van der Waals surface area contributed by atoms with Crippen LogP contribution >= 0.6 is 0 Å². The minimum absolute atomic E-state index is 0.0212. The molecule has 3 heteroatoms. The summed E-state index contributed by atoms with van der Waals surface area (Å²) in [5, 5.41) is 12.2. The Balaban J connectivity index is 2.75. The molecule has 2 atom stereocenters. The monoisotopic (exact) mass is 235 g/mol. The van der Waals surface area contributed by atoms with E-state index in [-0.39, 0.29) is 24.5 Å². The summed E-state index contributed by atoms with van der Waals surface area (Å²) in [6.45, 7) is 5.96. The van der Waals surface area contributed by atoms with Gasteiger partial charge in [-0.1, -0.05) is 38.5 Å². The highest BCUT2D eigenvalue weighted by atomic mass is 16.3. The van der Waals surface area contributed by atoms with E-state index in [1.165, 1.54) is 0 Å². The molecule has 0 spiro atoms. The van der Waals surface area contributed by atoms with Crippen molar-refractivity contribution in [3.05, 3.63) is 35.4 Å². The average Bonchev–Trinajstić information content (AvgIpc) is 2.35. The number of aryl methyl sites for hydroxylation is 1. The number of aliphatic hydroxyl groups excluding tert-OH is 1. The first-order chi connectivity index (χ1) is 8.10. The van der Waals surface area contributed by atoms with Crippen LogP contribution < -0.4 is 5.32 Å². The molecule has 1 amide bonds. The Kier molecular flexibility index (Phi) is 5.16. The van der Waals surface area contributed by atoms with E-state index in [0.717, 1.165) is 12.0 Å². The highest BCUT2D eigenvalue weighted by molar-refractivity contribution is 5.95. The van der Waals surface area contributed by atoms with Crippen LogP contribution in [0.1, 0.15) is 36.2 Å². The second kappa shape index (κ2) is 6.40. The van der Waals surface area contributed by atoms with Gasteiger partial charge in [-0.2, -0.15) is 0 Å². The van der Waals surface area contributed by atoms with Gasteiger partial charge >= 0.3 is 0 Å². The number of hydrogen-bond acceptors (Lipinski definition) is 2. The van der Waals surface area contributed by atoms with E-state index >= 15 is 0 Å². The van der Waals surface area contributed by atoms with Crippen LogP contribution in [0.2, 0.25) is 0 Å². The number of hydrogen-bond donors (Lipinski definition) is 2. The third-order valence-corrected chi connectivity index (χ3v) is 3.23. The molecule has 2 N–H and O–H groups in total. The summed E-state index contributed by atoms with van der Waals surface area (Å²) < 4.78 is 0. The van der Waals surface area contributed by atoms with Gasteiger partial charge in [-0.25, -0.2) is 0 Å². The molecule has 0 saturated heterocycles. The highest BCUT2D eigenvalue weighted by Gasteiger charge is 2.18. The van der Waals surface area contributed by atoms with Crippen LogP contribution in [0.15, 0.2) is 24.3 Å². The van der Waals surface area contributed by atoms with Crippen molar-refractivity contribution >= 4 is 5.91 Å². The Morgan fingerprint density at radius 3 is 2.59 bits per heavy atom. The molecule has 0 saturated carbocycles. The van der Waals surface area contributed by atoms with E-state index in [2.05, 4.69) is 5.32 Å². The summed E-state index contributed by atoms with van der Waals surface area (Å²) in [5.41, 5.74) is 1.63. The molecule has 0 aromatic heterocycles.